The average molecular weight is 300 g/mol. The predicted molar refractivity (Wildman–Crippen MR) is 70.6 cm³/mol. The number of hydrogen-bond acceptors (Lipinski definition) is 5. The van der Waals surface area contributed by atoms with Crippen molar-refractivity contribution in [2.45, 2.75) is 43.9 Å². The first-order valence-corrected chi connectivity index (χ1v) is 7.10. The minimum atomic E-state index is -1.12. The SMILES string of the molecule is O=C(O)[C@@H]1CCCN1CC[C@@H](C(=O)O)N1CC[C@H](O)C1=O. The van der Waals surface area contributed by atoms with Crippen LogP contribution in [0.1, 0.15) is 25.7 Å². The van der Waals surface area contributed by atoms with Crippen LogP contribution < -0.4 is 0 Å². The van der Waals surface area contributed by atoms with Gasteiger partial charge in [0.25, 0.3) is 5.91 Å². The number of hydrogen-bond donors (Lipinski definition) is 3. The Morgan fingerprint density at radius 3 is 2.48 bits per heavy atom. The fourth-order valence-electron chi connectivity index (χ4n) is 3.07. The number of amides is 1. The molecule has 2 saturated heterocycles. The van der Waals surface area contributed by atoms with E-state index in [0.29, 0.717) is 19.5 Å². The molecule has 0 aliphatic carbocycles. The third-order valence-electron chi connectivity index (χ3n) is 4.21. The maximum absolute atomic E-state index is 11.7. The minimum Gasteiger partial charge on any atom is -0.480 e. The van der Waals surface area contributed by atoms with Crippen LogP contribution in [0, 0.1) is 0 Å². The van der Waals surface area contributed by atoms with Crippen molar-refractivity contribution in [1.29, 1.82) is 0 Å². The zero-order valence-electron chi connectivity index (χ0n) is 11.6. The highest BCUT2D eigenvalue weighted by atomic mass is 16.4. The van der Waals surface area contributed by atoms with Crippen molar-refractivity contribution < 1.29 is 29.7 Å². The molecule has 8 nitrogen and oxygen atoms in total. The number of carbonyl (C=O) groups is 3. The van der Waals surface area contributed by atoms with Gasteiger partial charge < -0.3 is 20.2 Å². The van der Waals surface area contributed by atoms with Gasteiger partial charge in [-0.1, -0.05) is 0 Å². The molecule has 0 radical (unpaired) electrons. The quantitative estimate of drug-likeness (QED) is 0.574. The van der Waals surface area contributed by atoms with Crippen LogP contribution in [0.5, 0.6) is 0 Å². The number of aliphatic hydroxyl groups is 1. The standard InChI is InChI=1S/C13H20N2O6/c16-10-4-7-15(11(10)17)9(13(20)21)3-6-14-5-1-2-8(14)12(18)19/h8-10,16H,1-7H2,(H,18,19)(H,20,21)/t8-,9-,10-/m0/s1. The van der Waals surface area contributed by atoms with Crippen LogP contribution in [0.15, 0.2) is 0 Å². The van der Waals surface area contributed by atoms with E-state index in [1.54, 1.807) is 4.90 Å². The highest BCUT2D eigenvalue weighted by Gasteiger charge is 2.39. The average Bonchev–Trinajstić information content (AvgIpc) is 3.00. The van der Waals surface area contributed by atoms with Crippen molar-refractivity contribution in [3.63, 3.8) is 0 Å². The predicted octanol–water partition coefficient (Wildman–Crippen LogP) is -1.03. The van der Waals surface area contributed by atoms with Crippen LogP contribution in [-0.2, 0) is 14.4 Å². The highest BCUT2D eigenvalue weighted by molar-refractivity contribution is 5.87. The van der Waals surface area contributed by atoms with Gasteiger partial charge in [0.05, 0.1) is 0 Å². The number of carboxylic acids is 2. The summed E-state index contributed by atoms with van der Waals surface area (Å²) < 4.78 is 0. The summed E-state index contributed by atoms with van der Waals surface area (Å²) in [7, 11) is 0. The number of aliphatic hydroxyl groups excluding tert-OH is 1. The van der Waals surface area contributed by atoms with Gasteiger partial charge in [0.1, 0.15) is 18.2 Å². The zero-order chi connectivity index (χ0) is 15.6. The molecule has 2 aliphatic rings. The van der Waals surface area contributed by atoms with E-state index in [9.17, 15) is 24.6 Å². The first-order chi connectivity index (χ1) is 9.91. The maximum atomic E-state index is 11.7. The van der Waals surface area contributed by atoms with E-state index in [1.807, 2.05) is 0 Å². The molecule has 2 fully saturated rings. The van der Waals surface area contributed by atoms with Crippen molar-refractivity contribution >= 4 is 17.8 Å². The number of carboxylic acid groups (broad SMARTS) is 2. The third-order valence-corrected chi connectivity index (χ3v) is 4.21. The van der Waals surface area contributed by atoms with Gasteiger partial charge in [0.15, 0.2) is 0 Å². The van der Waals surface area contributed by atoms with E-state index in [-0.39, 0.29) is 19.4 Å². The molecule has 0 unspecified atom stereocenters. The minimum absolute atomic E-state index is 0.164. The fraction of sp³-hybridized carbons (Fsp3) is 0.769. The molecule has 0 bridgehead atoms. The van der Waals surface area contributed by atoms with Gasteiger partial charge in [-0.2, -0.15) is 0 Å². The Kier molecular flexibility index (Phi) is 4.79. The Morgan fingerprint density at radius 1 is 1.24 bits per heavy atom. The molecule has 21 heavy (non-hydrogen) atoms. The molecule has 0 aromatic carbocycles. The summed E-state index contributed by atoms with van der Waals surface area (Å²) in [6, 6.07) is -1.58. The zero-order valence-corrected chi connectivity index (χ0v) is 11.6. The largest absolute Gasteiger partial charge is 0.480 e. The van der Waals surface area contributed by atoms with Gasteiger partial charge >= 0.3 is 11.9 Å². The Bertz CT molecular complexity index is 440. The van der Waals surface area contributed by atoms with Crippen LogP contribution in [0.2, 0.25) is 0 Å². The lowest BCUT2D eigenvalue weighted by molar-refractivity contribution is -0.150. The summed E-state index contributed by atoms with van der Waals surface area (Å²) in [6.07, 6.45) is 0.622. The summed E-state index contributed by atoms with van der Waals surface area (Å²) >= 11 is 0. The molecule has 0 spiro atoms. The van der Waals surface area contributed by atoms with E-state index in [1.165, 1.54) is 4.90 Å². The van der Waals surface area contributed by atoms with Crippen molar-refractivity contribution in [2.24, 2.45) is 0 Å². The van der Waals surface area contributed by atoms with Crippen LogP contribution in [0.3, 0.4) is 0 Å². The molecule has 2 aliphatic heterocycles. The Balaban J connectivity index is 1.96. The van der Waals surface area contributed by atoms with Gasteiger partial charge in [-0.25, -0.2) is 4.79 Å². The van der Waals surface area contributed by atoms with Gasteiger partial charge in [0.2, 0.25) is 0 Å². The van der Waals surface area contributed by atoms with E-state index in [2.05, 4.69) is 0 Å². The molecule has 0 saturated carbocycles. The summed E-state index contributed by atoms with van der Waals surface area (Å²) in [5, 5.41) is 27.8. The van der Waals surface area contributed by atoms with Gasteiger partial charge in [0, 0.05) is 13.1 Å². The van der Waals surface area contributed by atoms with Crippen molar-refractivity contribution in [1.82, 2.24) is 9.80 Å². The van der Waals surface area contributed by atoms with Gasteiger partial charge in [-0.05, 0) is 32.2 Å². The molecule has 0 aromatic heterocycles. The molecule has 3 atom stereocenters. The molecule has 2 rings (SSSR count). The molecule has 118 valence electrons. The second kappa shape index (κ2) is 6.40. The Morgan fingerprint density at radius 2 is 1.95 bits per heavy atom. The monoisotopic (exact) mass is 300 g/mol. The number of rotatable bonds is 6. The van der Waals surface area contributed by atoms with Gasteiger partial charge in [-0.15, -0.1) is 0 Å². The van der Waals surface area contributed by atoms with E-state index in [0.717, 1.165) is 6.42 Å². The van der Waals surface area contributed by atoms with E-state index in [4.69, 9.17) is 5.11 Å². The first-order valence-electron chi connectivity index (χ1n) is 7.10. The normalized spacial score (nSPS) is 28.0. The lowest BCUT2D eigenvalue weighted by atomic mass is 10.1. The summed E-state index contributed by atoms with van der Waals surface area (Å²) in [5.41, 5.74) is 0. The molecule has 2 heterocycles. The van der Waals surface area contributed by atoms with Crippen LogP contribution >= 0.6 is 0 Å². The van der Waals surface area contributed by atoms with Crippen molar-refractivity contribution in [3.8, 4) is 0 Å². The van der Waals surface area contributed by atoms with Gasteiger partial charge in [-0.3, -0.25) is 14.5 Å². The topological polar surface area (TPSA) is 118 Å². The molecule has 1 amide bonds. The Hall–Kier alpha value is -1.67. The number of likely N-dealkylation sites (tertiary alicyclic amines) is 2. The smallest absolute Gasteiger partial charge is 0.326 e. The van der Waals surface area contributed by atoms with Crippen molar-refractivity contribution in [3.05, 3.63) is 0 Å². The number of aliphatic carboxylic acids is 2. The summed E-state index contributed by atoms with van der Waals surface area (Å²) in [5.74, 6) is -2.57. The lowest BCUT2D eigenvalue weighted by Gasteiger charge is -2.27. The number of carbonyl (C=O) groups excluding carboxylic acids is 1. The van der Waals surface area contributed by atoms with Crippen LogP contribution in [0.4, 0.5) is 0 Å². The van der Waals surface area contributed by atoms with Crippen molar-refractivity contribution in [2.75, 3.05) is 19.6 Å². The first kappa shape index (κ1) is 15.7. The second-order valence-electron chi connectivity index (χ2n) is 5.51. The molecular weight excluding hydrogens is 280 g/mol. The highest BCUT2D eigenvalue weighted by Crippen LogP contribution is 2.21. The summed E-state index contributed by atoms with van der Waals surface area (Å²) in [6.45, 7) is 1.16. The second-order valence-corrected chi connectivity index (χ2v) is 5.51. The molecular formula is C13H20N2O6. The molecule has 3 N–H and O–H groups in total. The maximum Gasteiger partial charge on any atom is 0.326 e. The fourth-order valence-corrected chi connectivity index (χ4v) is 3.07. The lowest BCUT2D eigenvalue weighted by Crippen LogP contribution is -2.46. The van der Waals surface area contributed by atoms with Crippen LogP contribution in [-0.4, -0.2) is 80.8 Å². The Labute approximate surface area is 121 Å². The van der Waals surface area contributed by atoms with E-state index < -0.39 is 36.0 Å². The molecule has 0 aromatic rings. The third kappa shape index (κ3) is 3.33. The van der Waals surface area contributed by atoms with Crippen LogP contribution in [0.25, 0.3) is 0 Å². The molecule has 8 heteroatoms. The van der Waals surface area contributed by atoms with E-state index >= 15 is 0 Å². The number of nitrogens with zero attached hydrogens (tertiary/aromatic N) is 2. The summed E-state index contributed by atoms with van der Waals surface area (Å²) in [4.78, 5) is 37.1.